The third-order valence-corrected chi connectivity index (χ3v) is 3.74. The van der Waals surface area contributed by atoms with Gasteiger partial charge in [-0.25, -0.2) is 0 Å². The van der Waals surface area contributed by atoms with Gasteiger partial charge in [-0.1, -0.05) is 5.16 Å². The molecule has 3 rings (SSSR count). The Labute approximate surface area is 114 Å². The number of nitrogens with one attached hydrogen (secondary N) is 1. The molecule has 18 heavy (non-hydrogen) atoms. The summed E-state index contributed by atoms with van der Waals surface area (Å²) in [7, 11) is 2.15. The fourth-order valence-corrected chi connectivity index (χ4v) is 2.43. The summed E-state index contributed by atoms with van der Waals surface area (Å²) in [5.41, 5.74) is 0. The minimum absolute atomic E-state index is 0. The maximum Gasteiger partial charge on any atom is 0.240 e. The Morgan fingerprint density at radius 2 is 2.00 bits per heavy atom. The van der Waals surface area contributed by atoms with E-state index in [0.29, 0.717) is 12.0 Å². The summed E-state index contributed by atoms with van der Waals surface area (Å²) in [5.74, 6) is 2.27. The molecular weight excluding hydrogens is 252 g/mol. The van der Waals surface area contributed by atoms with E-state index in [1.165, 1.54) is 25.7 Å². The molecule has 1 saturated heterocycles. The number of hydrogen-bond acceptors (Lipinski definition) is 5. The first-order valence-corrected chi connectivity index (χ1v) is 6.56. The lowest BCUT2D eigenvalue weighted by atomic mass is 10.1. The van der Waals surface area contributed by atoms with Crippen molar-refractivity contribution in [3.05, 3.63) is 11.7 Å². The molecule has 2 heterocycles. The Morgan fingerprint density at radius 3 is 2.67 bits per heavy atom. The topological polar surface area (TPSA) is 54.2 Å². The highest BCUT2D eigenvalue weighted by Gasteiger charge is 2.29. The van der Waals surface area contributed by atoms with Gasteiger partial charge in [0.15, 0.2) is 5.82 Å². The van der Waals surface area contributed by atoms with E-state index in [1.54, 1.807) is 0 Å². The molecule has 1 saturated carbocycles. The van der Waals surface area contributed by atoms with Gasteiger partial charge in [0, 0.05) is 12.0 Å². The molecule has 0 atom stereocenters. The molecule has 0 radical (unpaired) electrons. The zero-order chi connectivity index (χ0) is 11.7. The van der Waals surface area contributed by atoms with E-state index in [0.717, 1.165) is 31.3 Å². The van der Waals surface area contributed by atoms with Gasteiger partial charge in [-0.15, -0.1) is 12.4 Å². The number of nitrogens with zero attached hydrogens (tertiary/aromatic N) is 3. The van der Waals surface area contributed by atoms with E-state index in [4.69, 9.17) is 4.52 Å². The molecule has 1 aromatic rings. The number of aromatic nitrogens is 2. The minimum Gasteiger partial charge on any atom is -0.338 e. The smallest absolute Gasteiger partial charge is 0.240 e. The van der Waals surface area contributed by atoms with Crippen LogP contribution in [0.25, 0.3) is 0 Å². The van der Waals surface area contributed by atoms with Crippen LogP contribution in [0.2, 0.25) is 0 Å². The average molecular weight is 273 g/mol. The van der Waals surface area contributed by atoms with Crippen molar-refractivity contribution in [2.24, 2.45) is 0 Å². The number of piperidine rings is 1. The first-order chi connectivity index (χ1) is 8.33. The van der Waals surface area contributed by atoms with Crippen molar-refractivity contribution in [1.29, 1.82) is 0 Å². The molecule has 0 spiro atoms. The van der Waals surface area contributed by atoms with Gasteiger partial charge in [0.2, 0.25) is 5.89 Å². The number of hydrogen-bond donors (Lipinski definition) is 1. The van der Waals surface area contributed by atoms with Gasteiger partial charge < -0.3 is 9.84 Å². The van der Waals surface area contributed by atoms with E-state index in [-0.39, 0.29) is 12.4 Å². The lowest BCUT2D eigenvalue weighted by molar-refractivity contribution is 0.171. The van der Waals surface area contributed by atoms with Gasteiger partial charge >= 0.3 is 0 Å². The Morgan fingerprint density at radius 1 is 1.28 bits per heavy atom. The van der Waals surface area contributed by atoms with Crippen molar-refractivity contribution in [3.63, 3.8) is 0 Å². The van der Waals surface area contributed by atoms with Crippen LogP contribution in [-0.2, 0) is 6.54 Å². The van der Waals surface area contributed by atoms with Crippen LogP contribution in [0.5, 0.6) is 0 Å². The zero-order valence-corrected chi connectivity index (χ0v) is 11.6. The van der Waals surface area contributed by atoms with Crippen LogP contribution < -0.4 is 5.32 Å². The van der Waals surface area contributed by atoms with E-state index in [2.05, 4.69) is 27.4 Å². The van der Waals surface area contributed by atoms with Crippen LogP contribution in [0, 0.1) is 0 Å². The molecular formula is C12H21ClN4O. The van der Waals surface area contributed by atoms with Crippen LogP contribution in [0.15, 0.2) is 4.52 Å². The second kappa shape index (κ2) is 5.99. The fraction of sp³-hybridized carbons (Fsp3) is 0.833. The molecule has 0 amide bonds. The van der Waals surface area contributed by atoms with Crippen molar-refractivity contribution in [2.45, 2.75) is 44.2 Å². The predicted molar refractivity (Wildman–Crippen MR) is 70.9 cm³/mol. The third-order valence-electron chi connectivity index (χ3n) is 3.74. The average Bonchev–Trinajstić information content (AvgIpc) is 3.12. The quantitative estimate of drug-likeness (QED) is 0.901. The summed E-state index contributed by atoms with van der Waals surface area (Å²) in [6, 6.07) is 0.646. The Kier molecular flexibility index (Phi) is 4.59. The summed E-state index contributed by atoms with van der Waals surface area (Å²) in [5, 5.41) is 7.43. The lowest BCUT2D eigenvalue weighted by Crippen LogP contribution is -2.40. The maximum absolute atomic E-state index is 5.31. The summed E-state index contributed by atoms with van der Waals surface area (Å²) in [6.45, 7) is 3.02. The normalized spacial score (nSPS) is 21.0. The SMILES string of the molecule is CN(Cc1nc(C2CC2)no1)C1CCNCC1.Cl. The first kappa shape index (κ1) is 13.8. The van der Waals surface area contributed by atoms with Crippen molar-refractivity contribution in [1.82, 2.24) is 20.4 Å². The van der Waals surface area contributed by atoms with E-state index >= 15 is 0 Å². The molecule has 0 bridgehead atoms. The molecule has 0 unspecified atom stereocenters. The van der Waals surface area contributed by atoms with E-state index in [1.807, 2.05) is 0 Å². The highest BCUT2D eigenvalue weighted by atomic mass is 35.5. The fourth-order valence-electron chi connectivity index (χ4n) is 2.43. The van der Waals surface area contributed by atoms with Crippen molar-refractivity contribution in [2.75, 3.05) is 20.1 Å². The van der Waals surface area contributed by atoms with Gasteiger partial charge in [-0.3, -0.25) is 4.90 Å². The van der Waals surface area contributed by atoms with Crippen LogP contribution in [-0.4, -0.2) is 41.2 Å². The van der Waals surface area contributed by atoms with Crippen LogP contribution in [0.1, 0.15) is 43.3 Å². The van der Waals surface area contributed by atoms with Crippen LogP contribution >= 0.6 is 12.4 Å². The number of halogens is 1. The van der Waals surface area contributed by atoms with Crippen LogP contribution in [0.4, 0.5) is 0 Å². The molecule has 102 valence electrons. The van der Waals surface area contributed by atoms with Gasteiger partial charge in [0.1, 0.15) is 0 Å². The Hall–Kier alpha value is -0.650. The van der Waals surface area contributed by atoms with Gasteiger partial charge in [-0.2, -0.15) is 4.98 Å². The molecule has 5 nitrogen and oxygen atoms in total. The summed E-state index contributed by atoms with van der Waals surface area (Å²) in [6.07, 6.45) is 4.87. The minimum atomic E-state index is 0. The largest absolute Gasteiger partial charge is 0.338 e. The molecule has 0 aromatic carbocycles. The lowest BCUT2D eigenvalue weighted by Gasteiger charge is -2.30. The standard InChI is InChI=1S/C12H20N4O.ClH/c1-16(10-4-6-13-7-5-10)8-11-14-12(15-17-11)9-2-3-9;/h9-10,13H,2-8H2,1H3;1H. The molecule has 6 heteroatoms. The van der Waals surface area contributed by atoms with Crippen molar-refractivity contribution < 1.29 is 4.52 Å². The Bertz CT molecular complexity index is 374. The molecule has 1 aromatic heterocycles. The molecule has 1 aliphatic carbocycles. The highest BCUT2D eigenvalue weighted by Crippen LogP contribution is 2.38. The highest BCUT2D eigenvalue weighted by molar-refractivity contribution is 5.85. The third kappa shape index (κ3) is 3.22. The van der Waals surface area contributed by atoms with Crippen LogP contribution in [0.3, 0.4) is 0 Å². The molecule has 2 aliphatic rings. The molecule has 1 N–H and O–H groups in total. The monoisotopic (exact) mass is 272 g/mol. The maximum atomic E-state index is 5.31. The first-order valence-electron chi connectivity index (χ1n) is 6.56. The summed E-state index contributed by atoms with van der Waals surface area (Å²) >= 11 is 0. The molecule has 1 aliphatic heterocycles. The van der Waals surface area contributed by atoms with Gasteiger partial charge in [0.25, 0.3) is 0 Å². The van der Waals surface area contributed by atoms with Gasteiger partial charge in [-0.05, 0) is 45.8 Å². The zero-order valence-electron chi connectivity index (χ0n) is 10.8. The van der Waals surface area contributed by atoms with E-state index in [9.17, 15) is 0 Å². The van der Waals surface area contributed by atoms with E-state index < -0.39 is 0 Å². The van der Waals surface area contributed by atoms with Crippen molar-refractivity contribution >= 4 is 12.4 Å². The second-order valence-electron chi connectivity index (χ2n) is 5.22. The number of rotatable bonds is 4. The predicted octanol–water partition coefficient (Wildman–Crippen LogP) is 1.55. The van der Waals surface area contributed by atoms with Crippen molar-refractivity contribution in [3.8, 4) is 0 Å². The van der Waals surface area contributed by atoms with Gasteiger partial charge in [0.05, 0.1) is 6.54 Å². The summed E-state index contributed by atoms with van der Waals surface area (Å²) in [4.78, 5) is 6.81. The summed E-state index contributed by atoms with van der Waals surface area (Å²) < 4.78 is 5.31. The second-order valence-corrected chi connectivity index (χ2v) is 5.22. The molecule has 2 fully saturated rings. The Balaban J connectivity index is 0.00000120.